The number of aryl methyl sites for hydroxylation is 2. The topological polar surface area (TPSA) is 73.7 Å². The van der Waals surface area contributed by atoms with Gasteiger partial charge in [-0.2, -0.15) is 0 Å². The Labute approximate surface area is 245 Å². The van der Waals surface area contributed by atoms with Crippen LogP contribution in [0.1, 0.15) is 56.9 Å². The van der Waals surface area contributed by atoms with Crippen LogP contribution in [0.25, 0.3) is 16.7 Å². The summed E-state index contributed by atoms with van der Waals surface area (Å²) in [6.45, 7) is 16.6. The van der Waals surface area contributed by atoms with Crippen LogP contribution in [0, 0.1) is 13.8 Å². The molecule has 0 unspecified atom stereocenters. The highest BCUT2D eigenvalue weighted by Gasteiger charge is 2.16. The summed E-state index contributed by atoms with van der Waals surface area (Å²) >= 11 is 0. The number of anilines is 2. The van der Waals surface area contributed by atoms with E-state index in [2.05, 4.69) is 136 Å². The van der Waals surface area contributed by atoms with Gasteiger partial charge in [-0.15, -0.1) is 0 Å². The van der Waals surface area contributed by atoms with Crippen LogP contribution in [0.5, 0.6) is 0 Å². The van der Waals surface area contributed by atoms with Crippen molar-refractivity contribution in [2.24, 2.45) is 4.99 Å². The number of para-hydroxylation sites is 1. The Morgan fingerprint density at radius 2 is 1.54 bits per heavy atom. The normalized spacial score (nSPS) is 14.6. The van der Waals surface area contributed by atoms with Gasteiger partial charge in [0.05, 0.1) is 5.71 Å². The number of rotatable bonds is 8. The van der Waals surface area contributed by atoms with Crippen molar-refractivity contribution in [3.05, 3.63) is 112 Å². The van der Waals surface area contributed by atoms with Gasteiger partial charge in [0.25, 0.3) is 5.97 Å². The molecule has 3 aromatic rings. The van der Waals surface area contributed by atoms with Gasteiger partial charge < -0.3 is 15.7 Å². The molecule has 4 rings (SSSR count). The molecule has 3 aromatic carbocycles. The lowest BCUT2D eigenvalue weighted by molar-refractivity contribution is -0.134. The Morgan fingerprint density at radius 3 is 2.12 bits per heavy atom. The summed E-state index contributed by atoms with van der Waals surface area (Å²) in [6, 6.07) is 22.2. The number of hydrogen-bond acceptors (Lipinski definition) is 4. The zero-order valence-corrected chi connectivity index (χ0v) is 25.4. The summed E-state index contributed by atoms with van der Waals surface area (Å²) in [5, 5.41) is 14.4. The van der Waals surface area contributed by atoms with Gasteiger partial charge >= 0.3 is 0 Å². The number of aliphatic imine (C=N–C) groups is 1. The molecule has 3 N–H and O–H groups in total. The van der Waals surface area contributed by atoms with Gasteiger partial charge in [0.1, 0.15) is 0 Å². The number of carbonyl (C=O) groups is 1. The van der Waals surface area contributed by atoms with Crippen molar-refractivity contribution in [2.75, 3.05) is 30.3 Å². The molecule has 0 atom stereocenters. The second kappa shape index (κ2) is 14.8. The van der Waals surface area contributed by atoms with E-state index in [4.69, 9.17) is 9.90 Å². The van der Waals surface area contributed by atoms with E-state index in [1.807, 2.05) is 0 Å². The van der Waals surface area contributed by atoms with Crippen molar-refractivity contribution in [1.29, 1.82) is 0 Å². The number of nitrogens with one attached hydrogen (secondary N) is 2. The Morgan fingerprint density at radius 1 is 0.854 bits per heavy atom. The molecule has 1 aliphatic carbocycles. The zero-order chi connectivity index (χ0) is 29.9. The molecule has 0 saturated carbocycles. The first-order chi connectivity index (χ1) is 19.7. The fourth-order valence-electron chi connectivity index (χ4n) is 5.03. The summed E-state index contributed by atoms with van der Waals surface area (Å²) in [5.74, 6) is -0.833. The lowest BCUT2D eigenvalue weighted by Crippen LogP contribution is -2.05. The summed E-state index contributed by atoms with van der Waals surface area (Å²) in [7, 11) is 0. The molecule has 0 aliphatic heterocycles. The number of carboxylic acid groups (broad SMARTS) is 1. The monoisotopic (exact) mass is 549 g/mol. The van der Waals surface area contributed by atoms with Crippen molar-refractivity contribution in [3.63, 3.8) is 0 Å². The second-order valence-electron chi connectivity index (χ2n) is 10.0. The van der Waals surface area contributed by atoms with E-state index in [1.165, 1.54) is 55.8 Å². The van der Waals surface area contributed by atoms with Crippen molar-refractivity contribution in [3.8, 4) is 11.1 Å². The molecule has 0 saturated heterocycles. The molecular weight excluding hydrogens is 506 g/mol. The standard InChI is InChI=1S/C34H39N3.C2H4O2/c1-7-35-29-18-19-30(24(5)22-29)33(28-17-20-32(36-8-2)25(6)21-28)27-15-13-26(14-16-27)31-12-10-11-23(4)34(31)37-9-3;1-2(3)4/h10-22,35,37H,7-9H2,1-6H3;1H3,(H,3,4). The number of carboxylic acids is 1. The number of hydrogen-bond donors (Lipinski definition) is 3. The minimum atomic E-state index is -0.833. The van der Waals surface area contributed by atoms with Gasteiger partial charge in [0.15, 0.2) is 0 Å². The largest absolute Gasteiger partial charge is 0.481 e. The molecule has 41 heavy (non-hydrogen) atoms. The quantitative estimate of drug-likeness (QED) is 0.263. The third kappa shape index (κ3) is 8.07. The van der Waals surface area contributed by atoms with Crippen molar-refractivity contribution in [1.82, 2.24) is 0 Å². The number of aliphatic carboxylic acids is 1. The van der Waals surface area contributed by atoms with Gasteiger partial charge in [-0.1, -0.05) is 54.6 Å². The highest BCUT2D eigenvalue weighted by Crippen LogP contribution is 2.36. The van der Waals surface area contributed by atoms with E-state index in [0.29, 0.717) is 0 Å². The van der Waals surface area contributed by atoms with Crippen LogP contribution in [-0.2, 0) is 4.79 Å². The number of allylic oxidation sites excluding steroid dienone is 5. The molecule has 0 aromatic heterocycles. The molecular formula is C36H43N3O2. The lowest BCUT2D eigenvalue weighted by Gasteiger charge is -2.19. The van der Waals surface area contributed by atoms with Crippen LogP contribution in [0.3, 0.4) is 0 Å². The molecule has 0 spiro atoms. The summed E-state index contributed by atoms with van der Waals surface area (Å²) in [4.78, 5) is 13.7. The van der Waals surface area contributed by atoms with Crippen LogP contribution >= 0.6 is 0 Å². The summed E-state index contributed by atoms with van der Waals surface area (Å²) < 4.78 is 0. The predicted molar refractivity (Wildman–Crippen MR) is 176 cm³/mol. The zero-order valence-electron chi connectivity index (χ0n) is 25.4. The van der Waals surface area contributed by atoms with Crippen molar-refractivity contribution in [2.45, 2.75) is 48.5 Å². The fourth-order valence-corrected chi connectivity index (χ4v) is 5.03. The first-order valence-corrected chi connectivity index (χ1v) is 14.3. The molecule has 5 nitrogen and oxygen atoms in total. The van der Waals surface area contributed by atoms with Crippen LogP contribution in [0.2, 0.25) is 0 Å². The van der Waals surface area contributed by atoms with Gasteiger partial charge in [-0.05, 0) is 110 Å². The molecule has 214 valence electrons. The van der Waals surface area contributed by atoms with E-state index in [-0.39, 0.29) is 0 Å². The van der Waals surface area contributed by atoms with Crippen LogP contribution < -0.4 is 10.6 Å². The van der Waals surface area contributed by atoms with E-state index in [9.17, 15) is 0 Å². The van der Waals surface area contributed by atoms with Gasteiger partial charge in [-0.3, -0.25) is 9.79 Å². The molecule has 0 heterocycles. The molecule has 0 fully saturated rings. The Bertz CT molecular complexity index is 1490. The number of nitrogens with zero attached hydrogens (tertiary/aromatic N) is 1. The average molecular weight is 550 g/mol. The minimum absolute atomic E-state index is 0.789. The van der Waals surface area contributed by atoms with Gasteiger partial charge in [-0.25, -0.2) is 0 Å². The van der Waals surface area contributed by atoms with E-state index < -0.39 is 5.97 Å². The third-order valence-electron chi connectivity index (χ3n) is 6.80. The van der Waals surface area contributed by atoms with Crippen LogP contribution in [0.15, 0.2) is 95.0 Å². The first kappa shape index (κ1) is 31.2. The van der Waals surface area contributed by atoms with Crippen molar-refractivity contribution < 1.29 is 9.90 Å². The lowest BCUT2D eigenvalue weighted by atomic mass is 9.86. The number of benzene rings is 3. The third-order valence-corrected chi connectivity index (χ3v) is 6.80. The Hall–Kier alpha value is -4.38. The maximum atomic E-state index is 9.00. The van der Waals surface area contributed by atoms with Gasteiger partial charge in [0, 0.05) is 43.5 Å². The van der Waals surface area contributed by atoms with Gasteiger partial charge in [0.2, 0.25) is 0 Å². The molecule has 0 radical (unpaired) electrons. The highest BCUT2D eigenvalue weighted by molar-refractivity contribution is 6.11. The molecule has 0 amide bonds. The SMILES string of the molecule is CC(=O)O.CCN=C1C=CC(=C(c2ccc(-c3cccc(C)c3NCC)cc2)c2ccc(NCC)cc2C)C=C1C. The first-order valence-electron chi connectivity index (χ1n) is 14.3. The summed E-state index contributed by atoms with van der Waals surface area (Å²) in [5.41, 5.74) is 14.5. The minimum Gasteiger partial charge on any atom is -0.481 e. The predicted octanol–water partition coefficient (Wildman–Crippen LogP) is 8.70. The van der Waals surface area contributed by atoms with Crippen LogP contribution in [-0.4, -0.2) is 36.4 Å². The maximum Gasteiger partial charge on any atom is 0.300 e. The van der Waals surface area contributed by atoms with E-state index >= 15 is 0 Å². The highest BCUT2D eigenvalue weighted by atomic mass is 16.4. The Balaban J connectivity index is 0.00000108. The second-order valence-corrected chi connectivity index (χ2v) is 10.0. The van der Waals surface area contributed by atoms with E-state index in [0.717, 1.165) is 38.0 Å². The average Bonchev–Trinajstić information content (AvgIpc) is 2.93. The fraction of sp³-hybridized carbons (Fsp3) is 0.278. The molecule has 1 aliphatic rings. The smallest absolute Gasteiger partial charge is 0.300 e. The Kier molecular flexibility index (Phi) is 11.3. The van der Waals surface area contributed by atoms with Crippen molar-refractivity contribution >= 4 is 28.6 Å². The van der Waals surface area contributed by atoms with E-state index in [1.54, 1.807) is 0 Å². The summed E-state index contributed by atoms with van der Waals surface area (Å²) in [6.07, 6.45) is 6.64. The maximum absolute atomic E-state index is 9.00. The van der Waals surface area contributed by atoms with Crippen LogP contribution in [0.4, 0.5) is 11.4 Å². The molecule has 0 bridgehead atoms. The molecule has 5 heteroatoms.